The number of hydrogen-bond acceptors (Lipinski definition) is 10. The van der Waals surface area contributed by atoms with Gasteiger partial charge in [-0.05, 0) is 81.2 Å². The first-order valence-corrected chi connectivity index (χ1v) is 24.7. The number of rotatable bonds is 15. The molecule has 1 aliphatic rings. The average Bonchev–Trinajstić information content (AvgIpc) is 3.96. The van der Waals surface area contributed by atoms with Gasteiger partial charge in [0.15, 0.2) is 11.5 Å². The second kappa shape index (κ2) is 24.3. The number of halogens is 11. The Bertz CT molecular complexity index is 2840. The minimum absolute atomic E-state index is 0.0190. The standard InChI is InChI=1S/C43H38ClF10N7O5S2.C2H6.CH4O/c1-40(2,67-3)13-11-26-7-8-27(28-9-10-30(44)33-35(28)60(22-42(49,50)51)58-38(33)61(68(4)65)39(64)66-16-6-5-15-62)34(55-26)31(19-23-17-24(45)20-25(46)18-23)56-32(63)21-59-37-29(12-14-41(37,47)48)36(57-59)43(52,53)54;2*1-2/h7-10,15,17-18,20,31H,5-6,12,14,16,19,21-22H2,1-4H3,(H,56,63);1-2H3;2H,1H3. The molecular formula is C46H48ClF10N7O6S2. The van der Waals surface area contributed by atoms with Crippen molar-refractivity contribution < 1.29 is 72.3 Å². The number of aliphatic hydroxyl groups is 1. The van der Waals surface area contributed by atoms with Crippen LogP contribution in [0, 0.1) is 23.5 Å². The molecule has 2 unspecified atom stereocenters. The van der Waals surface area contributed by atoms with Crippen LogP contribution in [0.4, 0.5) is 54.5 Å². The van der Waals surface area contributed by atoms with Crippen molar-refractivity contribution in [1.29, 1.82) is 0 Å². The molecule has 1 aliphatic carbocycles. The number of aldehydes is 1. The molecule has 0 aliphatic heterocycles. The van der Waals surface area contributed by atoms with Crippen molar-refractivity contribution in [2.24, 2.45) is 0 Å². The van der Waals surface area contributed by atoms with Gasteiger partial charge in [-0.1, -0.05) is 37.4 Å². The lowest BCUT2D eigenvalue weighted by atomic mass is 9.93. The highest BCUT2D eigenvalue weighted by Crippen LogP contribution is 2.47. The zero-order chi connectivity index (χ0) is 54.1. The fourth-order valence-electron chi connectivity index (χ4n) is 7.35. The van der Waals surface area contributed by atoms with Gasteiger partial charge in [-0.25, -0.2) is 22.8 Å². The Balaban J connectivity index is 0.00000274. The molecule has 0 saturated heterocycles. The van der Waals surface area contributed by atoms with Crippen molar-refractivity contribution in [2.75, 3.05) is 30.5 Å². The maximum absolute atomic E-state index is 15.1. The predicted octanol–water partition coefficient (Wildman–Crippen LogP) is 10.3. The average molecular weight is 1080 g/mol. The molecule has 72 heavy (non-hydrogen) atoms. The zero-order valence-corrected chi connectivity index (χ0v) is 41.9. The van der Waals surface area contributed by atoms with E-state index in [4.69, 9.17) is 21.4 Å². The van der Waals surface area contributed by atoms with Crippen molar-refractivity contribution in [3.05, 3.63) is 93.0 Å². The number of ether oxygens (including phenoxy) is 1. The number of amides is 2. The highest BCUT2D eigenvalue weighted by molar-refractivity contribution is 8.00. The fourth-order valence-corrected chi connectivity index (χ4v) is 8.38. The van der Waals surface area contributed by atoms with Crippen molar-refractivity contribution >= 4 is 69.4 Å². The summed E-state index contributed by atoms with van der Waals surface area (Å²) in [5, 5.41) is 16.2. The lowest BCUT2D eigenvalue weighted by Crippen LogP contribution is -2.35. The van der Waals surface area contributed by atoms with Crippen LogP contribution < -0.4 is 9.62 Å². The van der Waals surface area contributed by atoms with Crippen LogP contribution in [0.15, 0.2) is 42.5 Å². The zero-order valence-electron chi connectivity index (χ0n) is 39.5. The summed E-state index contributed by atoms with van der Waals surface area (Å²) in [6.45, 7) is 4.12. The number of hydrogen-bond donors (Lipinski definition) is 2. The number of fused-ring (bicyclic) bond motifs is 2. The molecule has 0 fully saturated rings. The number of anilines is 1. The van der Waals surface area contributed by atoms with Crippen LogP contribution in [0.2, 0.25) is 5.02 Å². The van der Waals surface area contributed by atoms with Crippen LogP contribution >= 0.6 is 23.4 Å². The maximum atomic E-state index is 15.1. The Hall–Kier alpha value is -5.71. The van der Waals surface area contributed by atoms with Gasteiger partial charge in [-0.3, -0.25) is 14.2 Å². The molecule has 3 aromatic heterocycles. The van der Waals surface area contributed by atoms with Gasteiger partial charge < -0.3 is 20.0 Å². The topological polar surface area (TPSA) is 162 Å². The lowest BCUT2D eigenvalue weighted by Gasteiger charge is -2.23. The van der Waals surface area contributed by atoms with Crippen molar-refractivity contribution in [3.63, 3.8) is 0 Å². The summed E-state index contributed by atoms with van der Waals surface area (Å²) in [6.07, 6.45) is -10.4. The van der Waals surface area contributed by atoms with Gasteiger partial charge in [-0.15, -0.1) is 11.8 Å². The third-order valence-electron chi connectivity index (χ3n) is 10.4. The van der Waals surface area contributed by atoms with Crippen molar-refractivity contribution in [3.8, 4) is 23.0 Å². The molecule has 0 radical (unpaired) electrons. The van der Waals surface area contributed by atoms with Crippen molar-refractivity contribution in [1.82, 2.24) is 29.9 Å². The first-order chi connectivity index (χ1) is 33.7. The number of carbonyl (C=O) groups is 3. The fraction of sp³-hybridized carbons (Fsp3) is 0.435. The van der Waals surface area contributed by atoms with Gasteiger partial charge in [0.05, 0.1) is 39.0 Å². The number of aliphatic hydroxyl groups excluding tert-OH is 1. The van der Waals surface area contributed by atoms with Gasteiger partial charge in [-0.2, -0.15) is 49.6 Å². The lowest BCUT2D eigenvalue weighted by molar-refractivity contribution is -0.142. The second-order valence-corrected chi connectivity index (χ2v) is 18.8. The number of pyridine rings is 1. The summed E-state index contributed by atoms with van der Waals surface area (Å²) < 4.78 is 164. The van der Waals surface area contributed by atoms with E-state index < -0.39 is 124 Å². The molecule has 2 atom stereocenters. The Labute approximate surface area is 418 Å². The Morgan fingerprint density at radius 2 is 1.67 bits per heavy atom. The van der Waals surface area contributed by atoms with E-state index in [1.807, 2.05) is 13.8 Å². The predicted molar refractivity (Wildman–Crippen MR) is 252 cm³/mol. The molecule has 13 nitrogen and oxygen atoms in total. The van der Waals surface area contributed by atoms with Gasteiger partial charge in [0.2, 0.25) is 5.91 Å². The number of carbonyl (C=O) groups excluding carboxylic acids is 3. The Morgan fingerprint density at radius 3 is 2.25 bits per heavy atom. The third-order valence-corrected chi connectivity index (χ3v) is 12.6. The Kier molecular flexibility index (Phi) is 19.9. The molecule has 2 amide bonds. The smallest absolute Gasteiger partial charge is 0.435 e. The summed E-state index contributed by atoms with van der Waals surface area (Å²) in [4.78, 5) is 42.9. The van der Waals surface area contributed by atoms with Crippen LogP contribution in [0.1, 0.15) is 86.9 Å². The highest BCUT2D eigenvalue weighted by Gasteiger charge is 2.50. The molecule has 3 heterocycles. The molecule has 392 valence electrons. The van der Waals surface area contributed by atoms with E-state index in [9.17, 15) is 53.7 Å². The maximum Gasteiger partial charge on any atom is 0.435 e. The second-order valence-electron chi connectivity index (χ2n) is 15.8. The summed E-state index contributed by atoms with van der Waals surface area (Å²) >= 11 is 8.01. The molecule has 5 aromatic rings. The number of benzene rings is 2. The molecule has 0 bridgehead atoms. The van der Waals surface area contributed by atoms with Crippen LogP contribution in [0.5, 0.6) is 0 Å². The summed E-state index contributed by atoms with van der Waals surface area (Å²) in [5.41, 5.74) is -4.78. The van der Waals surface area contributed by atoms with Gasteiger partial charge in [0.1, 0.15) is 53.4 Å². The molecule has 2 aromatic carbocycles. The summed E-state index contributed by atoms with van der Waals surface area (Å²) in [6, 6.07) is 5.77. The first-order valence-electron chi connectivity index (χ1n) is 21.6. The largest absolute Gasteiger partial charge is 0.448 e. The first kappa shape index (κ1) is 58.9. The van der Waals surface area contributed by atoms with Gasteiger partial charge in [0.25, 0.3) is 5.92 Å². The van der Waals surface area contributed by atoms with Gasteiger partial charge >= 0.3 is 18.4 Å². The monoisotopic (exact) mass is 1080 g/mol. The van der Waals surface area contributed by atoms with Crippen molar-refractivity contribution in [2.45, 2.75) is 102 Å². The molecule has 6 rings (SSSR count). The van der Waals surface area contributed by atoms with Gasteiger partial charge in [0, 0.05) is 49.0 Å². The quantitative estimate of drug-likeness (QED) is 0.0447. The number of nitrogens with zero attached hydrogens (tertiary/aromatic N) is 6. The summed E-state index contributed by atoms with van der Waals surface area (Å²) in [5.74, 6) is -1.99. The molecule has 0 spiro atoms. The van der Waals surface area contributed by atoms with Crippen LogP contribution in [-0.4, -0.2) is 89.3 Å². The SMILES string of the molecule is CC.CO.CSC(C)(C)C#Cc1ccc(-c2ccc(Cl)c3c(N(C(=O)OCCCC=O)S(C)=O)nn(CC(F)(F)F)c23)c(C(Cc2cc(F)cc(F)c2)NC(=O)Cn2nc(C(F)(F)F)c3c2C(F)(F)CC3)n1. The minimum atomic E-state index is -5.18. The minimum Gasteiger partial charge on any atom is -0.448 e. The van der Waals surface area contributed by atoms with E-state index in [-0.39, 0.29) is 62.6 Å². The van der Waals surface area contributed by atoms with Crippen LogP contribution in [0.3, 0.4) is 0 Å². The highest BCUT2D eigenvalue weighted by atomic mass is 35.5. The van der Waals surface area contributed by atoms with E-state index in [1.165, 1.54) is 36.0 Å². The Morgan fingerprint density at radius 1 is 1.03 bits per heavy atom. The number of nitrogens with one attached hydrogen (secondary N) is 1. The van der Waals surface area contributed by atoms with E-state index in [0.29, 0.717) is 21.3 Å². The third kappa shape index (κ3) is 14.3. The molecular weight excluding hydrogens is 1040 g/mol. The van der Waals surface area contributed by atoms with Crippen LogP contribution in [-0.2, 0) is 63.3 Å². The molecule has 26 heteroatoms. The number of unbranched alkanes of at least 4 members (excludes halogenated alkanes) is 1. The molecule has 0 saturated carbocycles. The number of thioether (sulfide) groups is 1. The van der Waals surface area contributed by atoms with E-state index in [1.54, 1.807) is 20.1 Å². The van der Waals surface area contributed by atoms with Crippen LogP contribution in [0.25, 0.3) is 22.0 Å². The number of alkyl halides is 8. The van der Waals surface area contributed by atoms with E-state index >= 15 is 8.78 Å². The number of aromatic nitrogens is 5. The summed E-state index contributed by atoms with van der Waals surface area (Å²) in [7, 11) is -1.38. The normalized spacial score (nSPS) is 13.9. The van der Waals surface area contributed by atoms with E-state index in [2.05, 4.69) is 32.3 Å². The van der Waals surface area contributed by atoms with E-state index in [0.717, 1.165) is 25.5 Å². The molecule has 2 N–H and O–H groups in total.